The van der Waals surface area contributed by atoms with Crippen molar-refractivity contribution in [2.45, 2.75) is 46.8 Å². The second-order valence-corrected chi connectivity index (χ2v) is 6.12. The van der Waals surface area contributed by atoms with E-state index in [2.05, 4.69) is 83.8 Å². The van der Waals surface area contributed by atoms with Crippen molar-refractivity contribution in [1.29, 1.82) is 0 Å². The number of aryl methyl sites for hydroxylation is 1. The van der Waals surface area contributed by atoms with Crippen LogP contribution in [-0.4, -0.2) is 4.57 Å². The predicted octanol–water partition coefficient (Wildman–Crippen LogP) is 4.74. The van der Waals surface area contributed by atoms with Crippen LogP contribution < -0.4 is 5.32 Å². The van der Waals surface area contributed by atoms with Crippen molar-refractivity contribution in [2.24, 2.45) is 0 Å². The minimum Gasteiger partial charge on any atom is -0.349 e. The maximum atomic E-state index is 3.62. The van der Waals surface area contributed by atoms with Gasteiger partial charge in [-0.2, -0.15) is 0 Å². The third kappa shape index (κ3) is 3.15. The van der Waals surface area contributed by atoms with E-state index in [1.165, 1.54) is 27.0 Å². The van der Waals surface area contributed by atoms with E-state index >= 15 is 0 Å². The summed E-state index contributed by atoms with van der Waals surface area (Å²) in [6.07, 6.45) is 0. The van der Waals surface area contributed by atoms with E-state index in [4.69, 9.17) is 0 Å². The van der Waals surface area contributed by atoms with Gasteiger partial charge in [0.15, 0.2) is 0 Å². The summed E-state index contributed by atoms with van der Waals surface area (Å²) in [5.74, 6) is 0. The topological polar surface area (TPSA) is 17.0 Å². The van der Waals surface area contributed by atoms with Crippen molar-refractivity contribution in [3.8, 4) is 0 Å². The van der Waals surface area contributed by atoms with Crippen molar-refractivity contribution in [3.63, 3.8) is 0 Å². The highest BCUT2D eigenvalue weighted by molar-refractivity contribution is 9.10. The van der Waals surface area contributed by atoms with Crippen LogP contribution in [0.2, 0.25) is 0 Å². The molecule has 0 radical (unpaired) electrons. The lowest BCUT2D eigenvalue weighted by molar-refractivity contribution is 0.570. The molecule has 0 spiro atoms. The van der Waals surface area contributed by atoms with E-state index in [0.717, 1.165) is 13.1 Å². The van der Waals surface area contributed by atoms with Crippen LogP contribution in [0.5, 0.6) is 0 Å². The molecule has 0 amide bonds. The Morgan fingerprint density at radius 2 is 1.95 bits per heavy atom. The van der Waals surface area contributed by atoms with E-state index in [1.807, 2.05) is 0 Å². The van der Waals surface area contributed by atoms with Gasteiger partial charge >= 0.3 is 0 Å². The Morgan fingerprint density at radius 3 is 2.55 bits per heavy atom. The van der Waals surface area contributed by atoms with Crippen molar-refractivity contribution < 1.29 is 0 Å². The number of benzene rings is 1. The van der Waals surface area contributed by atoms with Crippen LogP contribution in [0.1, 0.15) is 42.4 Å². The molecule has 3 heteroatoms. The van der Waals surface area contributed by atoms with E-state index < -0.39 is 0 Å². The van der Waals surface area contributed by atoms with Gasteiger partial charge in [-0.25, -0.2) is 0 Å². The summed E-state index contributed by atoms with van der Waals surface area (Å²) in [5.41, 5.74) is 5.41. The second-order valence-electron chi connectivity index (χ2n) is 5.26. The summed E-state index contributed by atoms with van der Waals surface area (Å²) >= 11 is 3.62. The number of halogens is 1. The van der Waals surface area contributed by atoms with E-state index in [9.17, 15) is 0 Å². The van der Waals surface area contributed by atoms with Crippen LogP contribution in [0.4, 0.5) is 0 Å². The van der Waals surface area contributed by atoms with Gasteiger partial charge in [-0.1, -0.05) is 34.1 Å². The molecule has 0 aliphatic heterocycles. The lowest BCUT2D eigenvalue weighted by atomic mass is 10.1. The fourth-order valence-electron chi connectivity index (χ4n) is 2.74. The summed E-state index contributed by atoms with van der Waals surface area (Å²) in [6, 6.07) is 11.0. The number of aromatic nitrogens is 1. The quantitative estimate of drug-likeness (QED) is 0.835. The number of hydrogen-bond acceptors (Lipinski definition) is 1. The summed E-state index contributed by atoms with van der Waals surface area (Å²) < 4.78 is 3.53. The minimum absolute atomic E-state index is 0.329. The fourth-order valence-corrected chi connectivity index (χ4v) is 3.37. The first-order valence-electron chi connectivity index (χ1n) is 7.18. The molecule has 0 saturated heterocycles. The molecular formula is C17H23BrN2. The van der Waals surface area contributed by atoms with E-state index in [1.54, 1.807) is 0 Å². The molecule has 2 aromatic rings. The summed E-state index contributed by atoms with van der Waals surface area (Å²) in [6.45, 7) is 10.7. The summed E-state index contributed by atoms with van der Waals surface area (Å²) in [7, 11) is 0. The third-order valence-corrected chi connectivity index (χ3v) is 4.69. The van der Waals surface area contributed by atoms with Crippen LogP contribution in [0, 0.1) is 13.8 Å². The van der Waals surface area contributed by atoms with E-state index in [-0.39, 0.29) is 0 Å². The highest BCUT2D eigenvalue weighted by atomic mass is 79.9. The number of rotatable bonds is 5. The van der Waals surface area contributed by atoms with Gasteiger partial charge in [0.2, 0.25) is 0 Å². The minimum atomic E-state index is 0.329. The van der Waals surface area contributed by atoms with Gasteiger partial charge in [0.1, 0.15) is 0 Å². The molecular weight excluding hydrogens is 312 g/mol. The zero-order valence-corrected chi connectivity index (χ0v) is 14.3. The van der Waals surface area contributed by atoms with Gasteiger partial charge in [0, 0.05) is 35.0 Å². The molecule has 1 heterocycles. The monoisotopic (exact) mass is 334 g/mol. The fraction of sp³-hybridized carbons (Fsp3) is 0.412. The first-order chi connectivity index (χ1) is 9.54. The molecule has 0 saturated carbocycles. The molecule has 0 fully saturated rings. The maximum absolute atomic E-state index is 3.62. The van der Waals surface area contributed by atoms with Crippen molar-refractivity contribution >= 4 is 15.9 Å². The highest BCUT2D eigenvalue weighted by Crippen LogP contribution is 2.23. The average Bonchev–Trinajstić information content (AvgIpc) is 2.70. The molecule has 0 aliphatic carbocycles. The Hall–Kier alpha value is -1.06. The zero-order chi connectivity index (χ0) is 14.7. The van der Waals surface area contributed by atoms with Gasteiger partial charge in [-0.3, -0.25) is 0 Å². The molecule has 2 nitrogen and oxygen atoms in total. The Kier molecular flexibility index (Phi) is 5.06. The van der Waals surface area contributed by atoms with Crippen LogP contribution in [0.15, 0.2) is 34.8 Å². The molecule has 2 rings (SSSR count). The van der Waals surface area contributed by atoms with Gasteiger partial charge < -0.3 is 9.88 Å². The van der Waals surface area contributed by atoms with Gasteiger partial charge in [0.25, 0.3) is 0 Å². The Morgan fingerprint density at radius 1 is 1.25 bits per heavy atom. The van der Waals surface area contributed by atoms with Crippen LogP contribution in [0.25, 0.3) is 0 Å². The number of nitrogens with zero attached hydrogens (tertiary/aromatic N) is 1. The predicted molar refractivity (Wildman–Crippen MR) is 89.0 cm³/mol. The Labute approximate surface area is 130 Å². The molecule has 0 unspecified atom stereocenters. The highest BCUT2D eigenvalue weighted by Gasteiger charge is 2.11. The van der Waals surface area contributed by atoms with Crippen molar-refractivity contribution in [3.05, 3.63) is 57.3 Å². The summed E-state index contributed by atoms with van der Waals surface area (Å²) in [5, 5.41) is 3.62. The maximum Gasteiger partial charge on any atom is 0.0306 e. The molecule has 1 aromatic carbocycles. The van der Waals surface area contributed by atoms with Crippen molar-refractivity contribution in [1.82, 2.24) is 9.88 Å². The molecule has 1 aromatic heterocycles. The van der Waals surface area contributed by atoms with Gasteiger partial charge in [-0.15, -0.1) is 0 Å². The SMILES string of the molecule is CCn1c(C)cc(CN[C@H](C)c2ccccc2Br)c1C. The molecule has 1 atom stereocenters. The smallest absolute Gasteiger partial charge is 0.0306 e. The van der Waals surface area contributed by atoms with Crippen molar-refractivity contribution in [2.75, 3.05) is 0 Å². The van der Waals surface area contributed by atoms with Crippen LogP contribution in [-0.2, 0) is 13.1 Å². The number of hydrogen-bond donors (Lipinski definition) is 1. The molecule has 1 N–H and O–H groups in total. The molecule has 0 bridgehead atoms. The normalized spacial score (nSPS) is 12.7. The summed E-state index contributed by atoms with van der Waals surface area (Å²) in [4.78, 5) is 0. The third-order valence-electron chi connectivity index (χ3n) is 3.97. The zero-order valence-electron chi connectivity index (χ0n) is 12.7. The van der Waals surface area contributed by atoms with E-state index in [0.29, 0.717) is 6.04 Å². The first-order valence-corrected chi connectivity index (χ1v) is 7.97. The molecule has 20 heavy (non-hydrogen) atoms. The first kappa shape index (κ1) is 15.3. The average molecular weight is 335 g/mol. The van der Waals surface area contributed by atoms with Gasteiger partial charge in [-0.05, 0) is 51.0 Å². The second kappa shape index (κ2) is 6.59. The van der Waals surface area contributed by atoms with Crippen LogP contribution in [0.3, 0.4) is 0 Å². The Balaban J connectivity index is 2.08. The number of nitrogens with one attached hydrogen (secondary N) is 1. The largest absolute Gasteiger partial charge is 0.349 e. The van der Waals surface area contributed by atoms with Crippen LogP contribution >= 0.6 is 15.9 Å². The molecule has 108 valence electrons. The lowest BCUT2D eigenvalue weighted by Crippen LogP contribution is -2.18. The molecule has 0 aliphatic rings. The van der Waals surface area contributed by atoms with Gasteiger partial charge in [0.05, 0.1) is 0 Å². The Bertz CT molecular complexity index is 587. The lowest BCUT2D eigenvalue weighted by Gasteiger charge is -2.16. The standard InChI is InChI=1S/C17H23BrN2/c1-5-20-12(2)10-15(14(20)4)11-19-13(3)16-8-6-7-9-17(16)18/h6-10,13,19H,5,11H2,1-4H3/t13-/m1/s1.